The molecule has 0 bridgehead atoms. The maximum atomic E-state index is 15.0. The SMILES string of the molecule is C[C@@H]1N=C(c2c(F)cccc2F)c2c(sc3c2CC(C(F)F)C3)-n2nc(C(=O)N3CCS(=O)CC3)nc21. The maximum Gasteiger partial charge on any atom is 0.293 e. The van der Waals surface area contributed by atoms with Gasteiger partial charge in [0, 0.05) is 51.8 Å². The van der Waals surface area contributed by atoms with Gasteiger partial charge in [0.1, 0.15) is 22.7 Å². The van der Waals surface area contributed by atoms with Crippen LogP contribution in [0.25, 0.3) is 5.00 Å². The first-order valence-electron chi connectivity index (χ1n) is 11.8. The van der Waals surface area contributed by atoms with Crippen LogP contribution in [0.5, 0.6) is 0 Å². The van der Waals surface area contributed by atoms with Crippen molar-refractivity contribution in [2.75, 3.05) is 24.6 Å². The van der Waals surface area contributed by atoms with Gasteiger partial charge < -0.3 is 4.90 Å². The number of aliphatic imine (C=N–C) groups is 1. The number of thiophene rings is 1. The largest absolute Gasteiger partial charge is 0.334 e. The van der Waals surface area contributed by atoms with E-state index >= 15 is 0 Å². The summed E-state index contributed by atoms with van der Waals surface area (Å²) in [5, 5.41) is 4.93. The number of rotatable bonds is 3. The molecule has 2 atom stereocenters. The molecule has 7 nitrogen and oxygen atoms in total. The Kier molecular flexibility index (Phi) is 6.02. The van der Waals surface area contributed by atoms with Crippen molar-refractivity contribution in [1.82, 2.24) is 19.7 Å². The summed E-state index contributed by atoms with van der Waals surface area (Å²) in [7, 11) is -0.962. The fourth-order valence-corrected chi connectivity index (χ4v) is 7.50. The molecule has 1 saturated heterocycles. The second-order valence-electron chi connectivity index (χ2n) is 9.28. The summed E-state index contributed by atoms with van der Waals surface area (Å²) in [5.74, 6) is -1.92. The molecule has 194 valence electrons. The van der Waals surface area contributed by atoms with E-state index in [0.29, 0.717) is 51.4 Å². The monoisotopic (exact) mass is 551 g/mol. The minimum Gasteiger partial charge on any atom is -0.334 e. The van der Waals surface area contributed by atoms with E-state index in [1.54, 1.807) is 11.8 Å². The predicted octanol–water partition coefficient (Wildman–Crippen LogP) is 3.70. The Morgan fingerprint density at radius 1 is 1.14 bits per heavy atom. The minimum atomic E-state index is -2.53. The molecule has 3 aliphatic rings. The van der Waals surface area contributed by atoms with Gasteiger partial charge in [0.05, 0.1) is 11.3 Å². The van der Waals surface area contributed by atoms with Crippen molar-refractivity contribution in [3.05, 3.63) is 63.0 Å². The van der Waals surface area contributed by atoms with Gasteiger partial charge in [-0.25, -0.2) is 27.2 Å². The number of hydrogen-bond donors (Lipinski definition) is 0. The van der Waals surface area contributed by atoms with E-state index in [4.69, 9.17) is 0 Å². The lowest BCUT2D eigenvalue weighted by molar-refractivity contribution is 0.0758. The molecule has 4 heterocycles. The Balaban J connectivity index is 1.50. The first-order valence-corrected chi connectivity index (χ1v) is 14.1. The van der Waals surface area contributed by atoms with E-state index in [1.165, 1.54) is 22.1 Å². The van der Waals surface area contributed by atoms with Gasteiger partial charge in [-0.15, -0.1) is 16.4 Å². The molecule has 37 heavy (non-hydrogen) atoms. The molecule has 0 spiro atoms. The quantitative estimate of drug-likeness (QED) is 0.465. The first kappa shape index (κ1) is 24.4. The van der Waals surface area contributed by atoms with Gasteiger partial charge in [-0.3, -0.25) is 14.0 Å². The number of benzene rings is 1. The highest BCUT2D eigenvalue weighted by Crippen LogP contribution is 2.45. The van der Waals surface area contributed by atoms with Crippen LogP contribution in [0, 0.1) is 17.6 Å². The van der Waals surface area contributed by atoms with Crippen LogP contribution in [0.2, 0.25) is 0 Å². The second-order valence-corrected chi connectivity index (χ2v) is 12.1. The molecule has 1 aromatic carbocycles. The van der Waals surface area contributed by atoms with Crippen molar-refractivity contribution in [1.29, 1.82) is 0 Å². The Bertz CT molecular complexity index is 1450. The molecule has 0 N–H and O–H groups in total. The van der Waals surface area contributed by atoms with Gasteiger partial charge in [-0.05, 0) is 37.5 Å². The number of carbonyl (C=O) groups is 1. The Morgan fingerprint density at radius 3 is 2.51 bits per heavy atom. The molecule has 1 amide bonds. The fourth-order valence-electron chi connectivity index (χ4n) is 5.07. The zero-order chi connectivity index (χ0) is 26.0. The highest BCUT2D eigenvalue weighted by Gasteiger charge is 2.39. The Morgan fingerprint density at radius 2 is 1.84 bits per heavy atom. The molecule has 6 rings (SSSR count). The molecule has 0 radical (unpaired) electrons. The van der Waals surface area contributed by atoms with Crippen molar-refractivity contribution >= 4 is 33.8 Å². The van der Waals surface area contributed by atoms with Crippen molar-refractivity contribution < 1.29 is 26.6 Å². The average molecular weight is 552 g/mol. The van der Waals surface area contributed by atoms with Crippen LogP contribution in [0.3, 0.4) is 0 Å². The van der Waals surface area contributed by atoms with Gasteiger partial charge in [-0.1, -0.05) is 6.07 Å². The lowest BCUT2D eigenvalue weighted by Crippen LogP contribution is -2.42. The number of fused-ring (bicyclic) bond motifs is 5. The highest BCUT2D eigenvalue weighted by atomic mass is 32.2. The summed E-state index contributed by atoms with van der Waals surface area (Å²) in [6, 6.07) is 2.77. The van der Waals surface area contributed by atoms with Crippen LogP contribution in [-0.2, 0) is 23.6 Å². The average Bonchev–Trinajstić information content (AvgIpc) is 3.54. The van der Waals surface area contributed by atoms with Gasteiger partial charge in [0.15, 0.2) is 5.82 Å². The van der Waals surface area contributed by atoms with E-state index in [1.807, 2.05) is 0 Å². The van der Waals surface area contributed by atoms with Crippen molar-refractivity contribution in [2.45, 2.75) is 32.2 Å². The van der Waals surface area contributed by atoms with E-state index in [0.717, 1.165) is 12.1 Å². The van der Waals surface area contributed by atoms with Gasteiger partial charge >= 0.3 is 0 Å². The standard InChI is InChI=1S/C24H21F4N5O2S2/c1-11-22-30-21(23(34)32-5-7-37(35)8-6-32)31-33(22)24-17(13-9-12(20(27)28)10-16(13)36-24)19(29-11)18-14(25)3-2-4-15(18)26/h2-4,11-12,20H,5-10H2,1H3/t11-,12?/m0/s1. The number of carbonyl (C=O) groups excluding carboxylic acids is 1. The molecular weight excluding hydrogens is 530 g/mol. The predicted molar refractivity (Wildman–Crippen MR) is 130 cm³/mol. The fraction of sp³-hybridized carbons (Fsp3) is 0.417. The molecular formula is C24H21F4N5O2S2. The first-order chi connectivity index (χ1) is 17.7. The number of hydrogen-bond acceptors (Lipinski definition) is 6. The van der Waals surface area contributed by atoms with Crippen LogP contribution in [-0.4, -0.2) is 66.5 Å². The summed E-state index contributed by atoms with van der Waals surface area (Å²) < 4.78 is 70.3. The zero-order valence-electron chi connectivity index (χ0n) is 19.6. The van der Waals surface area contributed by atoms with Crippen molar-refractivity contribution in [3.8, 4) is 5.00 Å². The third-order valence-corrected chi connectivity index (χ3v) is 9.46. The third-order valence-electron chi connectivity index (χ3n) is 6.96. The smallest absolute Gasteiger partial charge is 0.293 e. The van der Waals surface area contributed by atoms with E-state index in [-0.39, 0.29) is 29.9 Å². The molecule has 1 aliphatic carbocycles. The molecule has 13 heteroatoms. The Hall–Kier alpha value is -2.93. The molecule has 2 aliphatic heterocycles. The molecule has 1 fully saturated rings. The van der Waals surface area contributed by atoms with Crippen molar-refractivity contribution in [2.24, 2.45) is 10.9 Å². The topological polar surface area (TPSA) is 80.5 Å². The van der Waals surface area contributed by atoms with E-state index in [2.05, 4.69) is 15.1 Å². The maximum absolute atomic E-state index is 15.0. The number of nitrogens with zero attached hydrogens (tertiary/aromatic N) is 5. The normalized spacial score (nSPS) is 21.5. The summed E-state index contributed by atoms with van der Waals surface area (Å²) in [4.78, 5) is 24.5. The lowest BCUT2D eigenvalue weighted by atomic mass is 9.97. The minimum absolute atomic E-state index is 0.0317. The van der Waals surface area contributed by atoms with Crippen molar-refractivity contribution in [3.63, 3.8) is 0 Å². The number of halogens is 4. The van der Waals surface area contributed by atoms with Crippen LogP contribution >= 0.6 is 11.3 Å². The summed E-state index contributed by atoms with van der Waals surface area (Å²) in [6.45, 7) is 2.33. The van der Waals surface area contributed by atoms with E-state index < -0.39 is 46.7 Å². The second kappa shape index (κ2) is 9.12. The van der Waals surface area contributed by atoms with E-state index in [9.17, 15) is 26.6 Å². The number of aromatic nitrogens is 3. The highest BCUT2D eigenvalue weighted by molar-refractivity contribution is 7.85. The lowest BCUT2D eigenvalue weighted by Gasteiger charge is -2.24. The van der Waals surface area contributed by atoms with Gasteiger partial charge in [-0.2, -0.15) is 0 Å². The molecule has 0 saturated carbocycles. The van der Waals surface area contributed by atoms with Crippen LogP contribution in [0.1, 0.15) is 51.0 Å². The van der Waals surface area contributed by atoms with Gasteiger partial charge in [0.2, 0.25) is 12.2 Å². The Labute approximate surface area is 215 Å². The third kappa shape index (κ3) is 4.02. The molecule has 2 aromatic heterocycles. The van der Waals surface area contributed by atoms with Crippen LogP contribution in [0.4, 0.5) is 17.6 Å². The molecule has 1 unspecified atom stereocenters. The summed E-state index contributed by atoms with van der Waals surface area (Å²) >= 11 is 1.21. The van der Waals surface area contributed by atoms with Gasteiger partial charge in [0.25, 0.3) is 5.91 Å². The van der Waals surface area contributed by atoms with Crippen LogP contribution < -0.4 is 0 Å². The van der Waals surface area contributed by atoms with Crippen LogP contribution in [0.15, 0.2) is 23.2 Å². The molecule has 3 aromatic rings. The number of amides is 1. The summed E-state index contributed by atoms with van der Waals surface area (Å²) in [5.41, 5.74) is 0.632. The number of alkyl halides is 2. The summed E-state index contributed by atoms with van der Waals surface area (Å²) in [6.07, 6.45) is -2.35. The zero-order valence-corrected chi connectivity index (χ0v) is 21.2.